The van der Waals surface area contributed by atoms with E-state index in [0.717, 1.165) is 0 Å². The third-order valence-corrected chi connectivity index (χ3v) is 4.77. The predicted octanol–water partition coefficient (Wildman–Crippen LogP) is 0.980. The lowest BCUT2D eigenvalue weighted by Crippen LogP contribution is -2.54. The van der Waals surface area contributed by atoms with Gasteiger partial charge in [0.2, 0.25) is 5.91 Å². The van der Waals surface area contributed by atoms with Crippen LogP contribution in [0.3, 0.4) is 0 Å². The average molecular weight is 274 g/mol. The molecule has 1 heterocycles. The van der Waals surface area contributed by atoms with E-state index < -0.39 is 18.1 Å². The third kappa shape index (κ3) is 2.98. The SMILES string of the molecule is CC(C)C1SCC(C(=O)O)N1C(=O)[C@H](N)C(C)C. The average Bonchev–Trinajstić information content (AvgIpc) is 2.71. The predicted molar refractivity (Wildman–Crippen MR) is 72.2 cm³/mol. The fourth-order valence-corrected chi connectivity index (χ4v) is 3.45. The Balaban J connectivity index is 2.96. The molecule has 0 aromatic heterocycles. The topological polar surface area (TPSA) is 83.6 Å². The molecule has 0 bridgehead atoms. The number of amides is 1. The molecule has 0 saturated carbocycles. The van der Waals surface area contributed by atoms with Crippen LogP contribution in [0.4, 0.5) is 0 Å². The van der Waals surface area contributed by atoms with Crippen molar-refractivity contribution in [2.45, 2.75) is 45.2 Å². The second kappa shape index (κ2) is 5.93. The lowest BCUT2D eigenvalue weighted by Gasteiger charge is -2.32. The standard InChI is InChI=1S/C12H22N2O3S/c1-6(2)9(13)10(15)14-8(12(16)17)5-18-11(14)7(3)4/h6-9,11H,5,13H2,1-4H3,(H,16,17)/t8?,9-,11?/m1/s1. The molecule has 6 heteroatoms. The van der Waals surface area contributed by atoms with E-state index in [0.29, 0.717) is 5.75 Å². The van der Waals surface area contributed by atoms with E-state index in [9.17, 15) is 14.7 Å². The van der Waals surface area contributed by atoms with Gasteiger partial charge in [0.15, 0.2) is 0 Å². The van der Waals surface area contributed by atoms with Crippen LogP contribution in [0.1, 0.15) is 27.7 Å². The number of thioether (sulfide) groups is 1. The van der Waals surface area contributed by atoms with Gasteiger partial charge in [0, 0.05) is 5.75 Å². The number of nitrogens with two attached hydrogens (primary N) is 1. The lowest BCUT2D eigenvalue weighted by atomic mass is 10.0. The van der Waals surface area contributed by atoms with E-state index in [1.54, 1.807) is 0 Å². The Morgan fingerprint density at radius 1 is 1.33 bits per heavy atom. The molecule has 0 spiro atoms. The molecule has 0 aliphatic carbocycles. The summed E-state index contributed by atoms with van der Waals surface area (Å²) < 4.78 is 0. The Morgan fingerprint density at radius 3 is 2.28 bits per heavy atom. The molecule has 3 N–H and O–H groups in total. The number of carboxylic acid groups (broad SMARTS) is 1. The highest BCUT2D eigenvalue weighted by Crippen LogP contribution is 2.34. The molecule has 1 saturated heterocycles. The van der Waals surface area contributed by atoms with Gasteiger partial charge in [-0.3, -0.25) is 4.79 Å². The minimum absolute atomic E-state index is 0.00496. The molecular weight excluding hydrogens is 252 g/mol. The Hall–Kier alpha value is -0.750. The fourth-order valence-electron chi connectivity index (χ4n) is 1.97. The van der Waals surface area contributed by atoms with Crippen molar-refractivity contribution in [3.63, 3.8) is 0 Å². The molecule has 1 amide bonds. The van der Waals surface area contributed by atoms with Gasteiger partial charge in [0.05, 0.1) is 11.4 Å². The van der Waals surface area contributed by atoms with Gasteiger partial charge >= 0.3 is 5.97 Å². The van der Waals surface area contributed by atoms with Crippen molar-refractivity contribution in [1.29, 1.82) is 0 Å². The zero-order valence-corrected chi connectivity index (χ0v) is 12.1. The van der Waals surface area contributed by atoms with Crippen LogP contribution < -0.4 is 5.73 Å². The first-order chi connectivity index (χ1) is 8.27. The molecule has 5 nitrogen and oxygen atoms in total. The number of hydrogen-bond donors (Lipinski definition) is 2. The molecule has 1 aliphatic heterocycles. The first-order valence-corrected chi connectivity index (χ1v) is 7.24. The van der Waals surface area contributed by atoms with Crippen LogP contribution in [0.25, 0.3) is 0 Å². The molecule has 1 fully saturated rings. The van der Waals surface area contributed by atoms with Crippen molar-refractivity contribution >= 4 is 23.6 Å². The van der Waals surface area contributed by atoms with E-state index >= 15 is 0 Å². The Morgan fingerprint density at radius 2 is 1.89 bits per heavy atom. The maximum atomic E-state index is 12.3. The van der Waals surface area contributed by atoms with Crippen LogP contribution in [-0.2, 0) is 9.59 Å². The fraction of sp³-hybridized carbons (Fsp3) is 0.833. The molecule has 0 radical (unpaired) electrons. The number of carbonyl (C=O) groups excluding carboxylic acids is 1. The quantitative estimate of drug-likeness (QED) is 0.798. The van der Waals surface area contributed by atoms with Crippen LogP contribution >= 0.6 is 11.8 Å². The molecule has 2 unspecified atom stereocenters. The Bertz CT molecular complexity index is 333. The van der Waals surface area contributed by atoms with Crippen LogP contribution in [-0.4, -0.2) is 45.1 Å². The maximum absolute atomic E-state index is 12.3. The van der Waals surface area contributed by atoms with Gasteiger partial charge in [-0.15, -0.1) is 11.8 Å². The van der Waals surface area contributed by atoms with Gasteiger partial charge in [-0.1, -0.05) is 27.7 Å². The summed E-state index contributed by atoms with van der Waals surface area (Å²) in [5.74, 6) is -0.543. The zero-order chi connectivity index (χ0) is 14.0. The molecule has 3 atom stereocenters. The number of carbonyl (C=O) groups is 2. The Labute approximate surface area is 112 Å². The van der Waals surface area contributed by atoms with Crippen molar-refractivity contribution < 1.29 is 14.7 Å². The van der Waals surface area contributed by atoms with Crippen molar-refractivity contribution in [2.24, 2.45) is 17.6 Å². The number of hydrogen-bond acceptors (Lipinski definition) is 4. The lowest BCUT2D eigenvalue weighted by molar-refractivity contribution is -0.150. The first-order valence-electron chi connectivity index (χ1n) is 6.19. The van der Waals surface area contributed by atoms with Crippen LogP contribution in [0.2, 0.25) is 0 Å². The number of rotatable bonds is 4. The van der Waals surface area contributed by atoms with Crippen molar-refractivity contribution in [2.75, 3.05) is 5.75 Å². The smallest absolute Gasteiger partial charge is 0.327 e. The van der Waals surface area contributed by atoms with Gasteiger partial charge in [-0.2, -0.15) is 0 Å². The second-order valence-electron chi connectivity index (χ2n) is 5.34. The van der Waals surface area contributed by atoms with Gasteiger partial charge in [0.25, 0.3) is 0 Å². The monoisotopic (exact) mass is 274 g/mol. The second-order valence-corrected chi connectivity index (χ2v) is 6.49. The zero-order valence-electron chi connectivity index (χ0n) is 11.3. The summed E-state index contributed by atoms with van der Waals surface area (Å²) in [6, 6.07) is -1.38. The van der Waals surface area contributed by atoms with E-state index in [1.807, 2.05) is 27.7 Å². The van der Waals surface area contributed by atoms with Crippen molar-refractivity contribution in [3.8, 4) is 0 Å². The maximum Gasteiger partial charge on any atom is 0.327 e. The summed E-state index contributed by atoms with van der Waals surface area (Å²) in [6.07, 6.45) is 0. The van der Waals surface area contributed by atoms with E-state index in [2.05, 4.69) is 0 Å². The molecule has 104 valence electrons. The molecule has 0 aromatic rings. The highest BCUT2D eigenvalue weighted by atomic mass is 32.2. The molecular formula is C12H22N2O3S. The summed E-state index contributed by atoms with van der Waals surface area (Å²) in [5, 5.41) is 9.11. The largest absolute Gasteiger partial charge is 0.480 e. The van der Waals surface area contributed by atoms with Crippen molar-refractivity contribution in [3.05, 3.63) is 0 Å². The highest BCUT2D eigenvalue weighted by molar-refractivity contribution is 8.00. The molecule has 1 rings (SSSR count). The highest BCUT2D eigenvalue weighted by Gasteiger charge is 2.44. The number of nitrogens with zero attached hydrogens (tertiary/aromatic N) is 1. The van der Waals surface area contributed by atoms with Crippen LogP contribution in [0.15, 0.2) is 0 Å². The van der Waals surface area contributed by atoms with Crippen LogP contribution in [0, 0.1) is 11.8 Å². The molecule has 0 aromatic carbocycles. The Kier molecular flexibility index (Phi) is 5.04. The van der Waals surface area contributed by atoms with E-state index in [4.69, 9.17) is 5.73 Å². The summed E-state index contributed by atoms with van der Waals surface area (Å²) >= 11 is 1.52. The minimum Gasteiger partial charge on any atom is -0.480 e. The summed E-state index contributed by atoms with van der Waals surface area (Å²) in [7, 11) is 0. The van der Waals surface area contributed by atoms with Gasteiger partial charge in [-0.25, -0.2) is 4.79 Å². The van der Waals surface area contributed by atoms with E-state index in [1.165, 1.54) is 16.7 Å². The minimum atomic E-state index is -0.949. The third-order valence-electron chi connectivity index (χ3n) is 3.15. The van der Waals surface area contributed by atoms with Crippen molar-refractivity contribution in [1.82, 2.24) is 4.90 Å². The summed E-state index contributed by atoms with van der Waals surface area (Å²) in [4.78, 5) is 25.0. The summed E-state index contributed by atoms with van der Waals surface area (Å²) in [5.41, 5.74) is 5.87. The van der Waals surface area contributed by atoms with E-state index in [-0.39, 0.29) is 23.1 Å². The normalized spacial score (nSPS) is 25.8. The number of carboxylic acids is 1. The molecule has 18 heavy (non-hydrogen) atoms. The first kappa shape index (κ1) is 15.3. The number of aliphatic carboxylic acids is 1. The van der Waals surface area contributed by atoms with Gasteiger partial charge in [0.1, 0.15) is 6.04 Å². The molecule has 1 aliphatic rings. The van der Waals surface area contributed by atoms with Gasteiger partial charge in [-0.05, 0) is 11.8 Å². The summed E-state index contributed by atoms with van der Waals surface area (Å²) in [6.45, 7) is 7.71. The van der Waals surface area contributed by atoms with Gasteiger partial charge < -0.3 is 15.7 Å². The van der Waals surface area contributed by atoms with Crippen LogP contribution in [0.5, 0.6) is 0 Å².